The van der Waals surface area contributed by atoms with E-state index in [4.69, 9.17) is 11.6 Å². The van der Waals surface area contributed by atoms with Gasteiger partial charge in [-0.1, -0.05) is 83.5 Å². The van der Waals surface area contributed by atoms with Gasteiger partial charge in [0.25, 0.3) is 0 Å². The van der Waals surface area contributed by atoms with Gasteiger partial charge < -0.3 is 0 Å². The van der Waals surface area contributed by atoms with Gasteiger partial charge in [0.15, 0.2) is 5.12 Å². The summed E-state index contributed by atoms with van der Waals surface area (Å²) >= 11 is 6.07. The lowest BCUT2D eigenvalue weighted by Gasteiger charge is -2.28. The zero-order valence-electron chi connectivity index (χ0n) is 17.9. The molecule has 0 aliphatic rings. The van der Waals surface area contributed by atoms with Crippen molar-refractivity contribution in [3.8, 4) is 0 Å². The van der Waals surface area contributed by atoms with E-state index in [-0.39, 0.29) is 16.7 Å². The lowest BCUT2D eigenvalue weighted by atomic mass is 9.88. The smallest absolute Gasteiger partial charge is 0.286 e. The molecule has 180 valence electrons. The number of hydrogen-bond donors (Lipinski definition) is 1. The average molecular weight is 528 g/mol. The minimum absolute atomic E-state index is 0.0238. The number of carbonyl (C=O) groups excluding carboxylic acids is 1. The van der Waals surface area contributed by atoms with Crippen LogP contribution in [0.2, 0.25) is 5.02 Å². The molecule has 0 unspecified atom stereocenters. The Labute approximate surface area is 205 Å². The molecule has 4 nitrogen and oxygen atoms in total. The van der Waals surface area contributed by atoms with Crippen molar-refractivity contribution in [1.82, 2.24) is 4.72 Å². The molecule has 0 aliphatic heterocycles. The molecule has 0 radical (unpaired) electrons. The SMILES string of the molecule is Cc1ccc(S(=O)(=O)N[C@@H](c2ccccc2)[C@H](C(=O)SCC(F)(F)F)c2ccc(Cl)cc2)cc1. The Morgan fingerprint density at radius 2 is 1.53 bits per heavy atom. The molecule has 34 heavy (non-hydrogen) atoms. The molecule has 0 saturated carbocycles. The van der Waals surface area contributed by atoms with Gasteiger partial charge >= 0.3 is 6.18 Å². The molecule has 0 bridgehead atoms. The molecule has 1 N–H and O–H groups in total. The van der Waals surface area contributed by atoms with Gasteiger partial charge in [-0.25, -0.2) is 13.1 Å². The maximum Gasteiger partial charge on any atom is 0.398 e. The summed E-state index contributed by atoms with van der Waals surface area (Å²) in [4.78, 5) is 13.1. The van der Waals surface area contributed by atoms with E-state index in [1.807, 2.05) is 6.92 Å². The van der Waals surface area contributed by atoms with Crippen LogP contribution < -0.4 is 4.72 Å². The zero-order valence-corrected chi connectivity index (χ0v) is 20.3. The number of sulfonamides is 1. The Morgan fingerprint density at radius 1 is 0.941 bits per heavy atom. The van der Waals surface area contributed by atoms with Gasteiger partial charge in [-0.05, 0) is 42.3 Å². The second-order valence-corrected chi connectivity index (χ2v) is 10.7. The number of carbonyl (C=O) groups is 1. The highest BCUT2D eigenvalue weighted by atomic mass is 35.5. The fraction of sp³-hybridized carbons (Fsp3) is 0.208. The molecule has 0 spiro atoms. The molecular weight excluding hydrogens is 507 g/mol. The van der Waals surface area contributed by atoms with E-state index >= 15 is 0 Å². The standard InChI is InChI=1S/C24H21ClF3NO3S2/c1-16-7-13-20(14-8-16)34(31,32)29-22(18-5-3-2-4-6-18)21(17-9-11-19(25)12-10-17)23(30)33-15-24(26,27)28/h2-14,21-22,29H,15H2,1H3/t21-,22+/m1/s1. The summed E-state index contributed by atoms with van der Waals surface area (Å²) in [5.41, 5.74) is 1.62. The minimum Gasteiger partial charge on any atom is -0.286 e. The summed E-state index contributed by atoms with van der Waals surface area (Å²) in [5.74, 6) is -2.63. The molecule has 3 rings (SSSR count). The van der Waals surface area contributed by atoms with Crippen LogP contribution in [0.5, 0.6) is 0 Å². The maximum absolute atomic E-state index is 13.2. The monoisotopic (exact) mass is 527 g/mol. The fourth-order valence-electron chi connectivity index (χ4n) is 3.32. The van der Waals surface area contributed by atoms with Crippen LogP contribution in [0, 0.1) is 6.92 Å². The second kappa shape index (κ2) is 10.9. The summed E-state index contributed by atoms with van der Waals surface area (Å²) in [6.45, 7) is 1.81. The number of benzene rings is 3. The van der Waals surface area contributed by atoms with Crippen LogP contribution in [0.15, 0.2) is 83.8 Å². The molecule has 0 amide bonds. The second-order valence-electron chi connectivity index (χ2n) is 7.57. The first-order valence-corrected chi connectivity index (χ1v) is 12.9. The summed E-state index contributed by atoms with van der Waals surface area (Å²) in [5, 5.41) is -0.450. The van der Waals surface area contributed by atoms with E-state index in [0.717, 1.165) is 5.56 Å². The minimum atomic E-state index is -4.56. The normalized spacial score (nSPS) is 13.9. The first-order valence-electron chi connectivity index (χ1n) is 10.1. The van der Waals surface area contributed by atoms with E-state index in [1.54, 1.807) is 42.5 Å². The van der Waals surface area contributed by atoms with Gasteiger partial charge in [-0.2, -0.15) is 13.2 Å². The van der Waals surface area contributed by atoms with Crippen molar-refractivity contribution in [2.45, 2.75) is 30.0 Å². The maximum atomic E-state index is 13.2. The summed E-state index contributed by atoms with van der Waals surface area (Å²) in [6, 6.07) is 19.3. The number of nitrogens with one attached hydrogen (secondary N) is 1. The molecule has 3 aromatic carbocycles. The van der Waals surface area contributed by atoms with Crippen LogP contribution in [0.4, 0.5) is 13.2 Å². The van der Waals surface area contributed by atoms with Crippen LogP contribution in [0.1, 0.15) is 28.7 Å². The van der Waals surface area contributed by atoms with Crippen molar-refractivity contribution in [3.05, 3.63) is 101 Å². The quantitative estimate of drug-likeness (QED) is 0.375. The Morgan fingerprint density at radius 3 is 2.09 bits per heavy atom. The lowest BCUT2D eigenvalue weighted by molar-refractivity contribution is -0.115. The summed E-state index contributed by atoms with van der Waals surface area (Å²) in [7, 11) is -4.12. The molecule has 0 heterocycles. The van der Waals surface area contributed by atoms with Crippen molar-refractivity contribution in [2.24, 2.45) is 0 Å². The third-order valence-corrected chi connectivity index (χ3v) is 7.69. The van der Waals surface area contributed by atoms with Gasteiger partial charge in [-0.15, -0.1) is 0 Å². The van der Waals surface area contributed by atoms with Crippen molar-refractivity contribution < 1.29 is 26.4 Å². The van der Waals surface area contributed by atoms with Crippen molar-refractivity contribution in [1.29, 1.82) is 0 Å². The Hall–Kier alpha value is -2.33. The number of thioether (sulfide) groups is 1. The van der Waals surface area contributed by atoms with Crippen LogP contribution in [-0.4, -0.2) is 25.5 Å². The van der Waals surface area contributed by atoms with E-state index in [1.165, 1.54) is 36.4 Å². The molecular formula is C24H21ClF3NO3S2. The van der Waals surface area contributed by atoms with Crippen LogP contribution in [0.25, 0.3) is 0 Å². The third kappa shape index (κ3) is 7.09. The van der Waals surface area contributed by atoms with Crippen LogP contribution >= 0.6 is 23.4 Å². The van der Waals surface area contributed by atoms with Crippen molar-refractivity contribution in [3.63, 3.8) is 0 Å². The molecule has 10 heteroatoms. The first kappa shape index (κ1) is 26.3. The zero-order chi connectivity index (χ0) is 24.9. The molecule has 0 aromatic heterocycles. The lowest BCUT2D eigenvalue weighted by Crippen LogP contribution is -2.35. The number of rotatable bonds is 8. The molecule has 0 fully saturated rings. The summed E-state index contributed by atoms with van der Waals surface area (Å²) in [6.07, 6.45) is -4.56. The highest BCUT2D eigenvalue weighted by Gasteiger charge is 2.37. The Kier molecular flexibility index (Phi) is 8.46. The Bertz CT molecular complexity index is 1220. The predicted octanol–water partition coefficient (Wildman–Crippen LogP) is 6.27. The first-order chi connectivity index (χ1) is 16.0. The number of aryl methyl sites for hydroxylation is 1. The largest absolute Gasteiger partial charge is 0.398 e. The number of halogens is 4. The molecule has 3 aromatic rings. The highest BCUT2D eigenvalue weighted by Crippen LogP contribution is 2.38. The van der Waals surface area contributed by atoms with E-state index in [0.29, 0.717) is 16.1 Å². The molecule has 0 aliphatic carbocycles. The van der Waals surface area contributed by atoms with Gasteiger partial charge in [0, 0.05) is 5.02 Å². The van der Waals surface area contributed by atoms with E-state index in [2.05, 4.69) is 4.72 Å². The molecule has 0 saturated heterocycles. The third-order valence-electron chi connectivity index (χ3n) is 4.97. The van der Waals surface area contributed by atoms with E-state index in [9.17, 15) is 26.4 Å². The van der Waals surface area contributed by atoms with Gasteiger partial charge in [-0.3, -0.25) is 4.79 Å². The van der Waals surface area contributed by atoms with Crippen LogP contribution in [-0.2, 0) is 14.8 Å². The average Bonchev–Trinajstić information content (AvgIpc) is 2.79. The van der Waals surface area contributed by atoms with Crippen molar-refractivity contribution in [2.75, 3.05) is 5.75 Å². The number of hydrogen-bond acceptors (Lipinski definition) is 4. The van der Waals surface area contributed by atoms with Crippen LogP contribution in [0.3, 0.4) is 0 Å². The van der Waals surface area contributed by atoms with Gasteiger partial charge in [0.2, 0.25) is 10.0 Å². The Balaban J connectivity index is 2.09. The predicted molar refractivity (Wildman–Crippen MR) is 128 cm³/mol. The molecule has 2 atom stereocenters. The number of alkyl halides is 3. The fourth-order valence-corrected chi connectivity index (χ4v) is 5.44. The van der Waals surface area contributed by atoms with Crippen molar-refractivity contribution >= 4 is 38.5 Å². The highest BCUT2D eigenvalue weighted by molar-refractivity contribution is 8.13. The van der Waals surface area contributed by atoms with E-state index < -0.39 is 39.0 Å². The summed E-state index contributed by atoms with van der Waals surface area (Å²) < 4.78 is 67.7. The topological polar surface area (TPSA) is 63.2 Å². The van der Waals surface area contributed by atoms with Gasteiger partial charge in [0.1, 0.15) is 0 Å². The van der Waals surface area contributed by atoms with Gasteiger partial charge in [0.05, 0.1) is 22.6 Å².